The summed E-state index contributed by atoms with van der Waals surface area (Å²) in [6, 6.07) is 0. The van der Waals surface area contributed by atoms with Crippen LogP contribution < -0.4 is 11.5 Å². The first kappa shape index (κ1) is 9.40. The number of nitrogens with two attached hydrogens (primary N) is 2. The predicted octanol–water partition coefficient (Wildman–Crippen LogP) is -0.632. The van der Waals surface area contributed by atoms with Crippen molar-refractivity contribution in [1.29, 1.82) is 0 Å². The third kappa shape index (κ3) is 3.04. The molecule has 0 amide bonds. The highest BCUT2D eigenvalue weighted by atomic mass is 16.6. The number of nitrogens with zero attached hydrogens (tertiary/aromatic N) is 3. The Bertz CT molecular complexity index is 288. The predicted molar refractivity (Wildman–Crippen MR) is 49.0 cm³/mol. The molecule has 0 saturated heterocycles. The Morgan fingerprint density at radius 2 is 2.46 bits per heavy atom. The molecule has 13 heavy (non-hydrogen) atoms. The van der Waals surface area contributed by atoms with Crippen LogP contribution in [-0.2, 0) is 4.84 Å². The standard InChI is InChI=1S/C7H11N5O/c8-1-2-13-12-4-6-3-10-5-11-7(6)9/h3-5H,1-2,8H2,(H2,9,10,11). The van der Waals surface area contributed by atoms with E-state index in [1.807, 2.05) is 0 Å². The van der Waals surface area contributed by atoms with E-state index in [0.29, 0.717) is 24.5 Å². The molecule has 0 aromatic carbocycles. The fraction of sp³-hybridized carbons (Fsp3) is 0.286. The molecule has 0 saturated carbocycles. The van der Waals surface area contributed by atoms with Gasteiger partial charge in [0, 0.05) is 12.7 Å². The van der Waals surface area contributed by atoms with Gasteiger partial charge >= 0.3 is 0 Å². The average molecular weight is 181 g/mol. The van der Waals surface area contributed by atoms with Crippen LogP contribution in [-0.4, -0.2) is 29.3 Å². The van der Waals surface area contributed by atoms with Gasteiger partial charge in [0.15, 0.2) is 0 Å². The lowest BCUT2D eigenvalue weighted by Gasteiger charge is -1.96. The van der Waals surface area contributed by atoms with Crippen LogP contribution in [0.2, 0.25) is 0 Å². The molecule has 1 heterocycles. The van der Waals surface area contributed by atoms with E-state index in [4.69, 9.17) is 16.3 Å². The highest BCUT2D eigenvalue weighted by Crippen LogP contribution is 2.00. The Morgan fingerprint density at radius 1 is 1.62 bits per heavy atom. The quantitative estimate of drug-likeness (QED) is 0.366. The minimum absolute atomic E-state index is 0.370. The van der Waals surface area contributed by atoms with E-state index in [9.17, 15) is 0 Å². The molecule has 0 aliphatic heterocycles. The third-order valence-electron chi connectivity index (χ3n) is 1.25. The summed E-state index contributed by atoms with van der Waals surface area (Å²) in [5.74, 6) is 0.370. The Kier molecular flexibility index (Phi) is 3.65. The molecule has 70 valence electrons. The fourth-order valence-corrected chi connectivity index (χ4v) is 0.649. The third-order valence-corrected chi connectivity index (χ3v) is 1.25. The van der Waals surface area contributed by atoms with Gasteiger partial charge in [0.05, 0.1) is 11.8 Å². The van der Waals surface area contributed by atoms with Crippen molar-refractivity contribution < 1.29 is 4.84 Å². The molecule has 0 unspecified atom stereocenters. The van der Waals surface area contributed by atoms with Gasteiger partial charge in [-0.05, 0) is 0 Å². The summed E-state index contributed by atoms with van der Waals surface area (Å²) in [5, 5.41) is 3.63. The number of oxime groups is 1. The van der Waals surface area contributed by atoms with Crippen molar-refractivity contribution in [2.24, 2.45) is 10.9 Å². The van der Waals surface area contributed by atoms with Crippen molar-refractivity contribution in [3.05, 3.63) is 18.1 Å². The molecule has 1 aromatic rings. The first-order chi connectivity index (χ1) is 6.34. The lowest BCUT2D eigenvalue weighted by Crippen LogP contribution is -2.05. The zero-order valence-electron chi connectivity index (χ0n) is 7.05. The van der Waals surface area contributed by atoms with Crippen LogP contribution in [0.5, 0.6) is 0 Å². The minimum Gasteiger partial charge on any atom is -0.394 e. The van der Waals surface area contributed by atoms with Crippen molar-refractivity contribution in [3.63, 3.8) is 0 Å². The van der Waals surface area contributed by atoms with E-state index in [2.05, 4.69) is 15.1 Å². The van der Waals surface area contributed by atoms with Crippen molar-refractivity contribution >= 4 is 12.0 Å². The first-order valence-corrected chi connectivity index (χ1v) is 3.75. The second kappa shape index (κ2) is 5.04. The van der Waals surface area contributed by atoms with Crippen LogP contribution in [0, 0.1) is 0 Å². The van der Waals surface area contributed by atoms with Gasteiger partial charge in [-0.1, -0.05) is 5.16 Å². The largest absolute Gasteiger partial charge is 0.394 e. The zero-order valence-corrected chi connectivity index (χ0v) is 7.05. The van der Waals surface area contributed by atoms with E-state index in [-0.39, 0.29) is 0 Å². The smallest absolute Gasteiger partial charge is 0.135 e. The van der Waals surface area contributed by atoms with Crippen molar-refractivity contribution in [2.75, 3.05) is 18.9 Å². The van der Waals surface area contributed by atoms with Crippen molar-refractivity contribution in [3.8, 4) is 0 Å². The van der Waals surface area contributed by atoms with Crippen molar-refractivity contribution in [1.82, 2.24) is 9.97 Å². The lowest BCUT2D eigenvalue weighted by molar-refractivity contribution is 0.154. The molecular weight excluding hydrogens is 170 g/mol. The number of anilines is 1. The van der Waals surface area contributed by atoms with Gasteiger partial charge in [-0.3, -0.25) is 0 Å². The SMILES string of the molecule is NCCON=Cc1cncnc1N. The normalized spacial score (nSPS) is 10.5. The van der Waals surface area contributed by atoms with Gasteiger partial charge < -0.3 is 16.3 Å². The molecule has 6 nitrogen and oxygen atoms in total. The molecule has 1 aromatic heterocycles. The van der Waals surface area contributed by atoms with Crippen LogP contribution in [0.4, 0.5) is 5.82 Å². The maximum absolute atomic E-state index is 5.51. The Morgan fingerprint density at radius 3 is 3.15 bits per heavy atom. The van der Waals surface area contributed by atoms with E-state index >= 15 is 0 Å². The number of hydrogen-bond donors (Lipinski definition) is 2. The molecule has 0 aliphatic rings. The Labute approximate surface area is 75.6 Å². The number of nitrogen functional groups attached to an aromatic ring is 1. The van der Waals surface area contributed by atoms with Gasteiger partial charge in [0.2, 0.25) is 0 Å². The van der Waals surface area contributed by atoms with E-state index in [1.54, 1.807) is 6.20 Å². The summed E-state index contributed by atoms with van der Waals surface area (Å²) in [6.45, 7) is 0.808. The molecule has 0 bridgehead atoms. The first-order valence-electron chi connectivity index (χ1n) is 3.75. The molecule has 0 radical (unpaired) electrons. The van der Waals surface area contributed by atoms with Crippen LogP contribution in [0.15, 0.2) is 17.7 Å². The topological polar surface area (TPSA) is 99.4 Å². The number of aromatic nitrogens is 2. The second-order valence-corrected chi connectivity index (χ2v) is 2.22. The van der Waals surface area contributed by atoms with E-state index in [0.717, 1.165) is 0 Å². The van der Waals surface area contributed by atoms with Crippen LogP contribution in [0.3, 0.4) is 0 Å². The summed E-state index contributed by atoms with van der Waals surface area (Å²) in [4.78, 5) is 12.3. The Balaban J connectivity index is 2.53. The highest BCUT2D eigenvalue weighted by Gasteiger charge is 1.94. The van der Waals surface area contributed by atoms with Gasteiger partial charge in [0.25, 0.3) is 0 Å². The monoisotopic (exact) mass is 181 g/mol. The number of hydrogen-bond acceptors (Lipinski definition) is 6. The lowest BCUT2D eigenvalue weighted by atomic mass is 10.3. The van der Waals surface area contributed by atoms with E-state index < -0.39 is 0 Å². The van der Waals surface area contributed by atoms with E-state index in [1.165, 1.54) is 12.5 Å². The minimum atomic E-state index is 0.370. The fourth-order valence-electron chi connectivity index (χ4n) is 0.649. The van der Waals surface area contributed by atoms with Crippen LogP contribution in [0.25, 0.3) is 0 Å². The molecule has 0 atom stereocenters. The molecule has 1 rings (SSSR count). The van der Waals surface area contributed by atoms with Crippen molar-refractivity contribution in [2.45, 2.75) is 0 Å². The van der Waals surface area contributed by atoms with Gasteiger partial charge in [0.1, 0.15) is 18.8 Å². The number of rotatable bonds is 4. The molecule has 0 fully saturated rings. The summed E-state index contributed by atoms with van der Waals surface area (Å²) in [7, 11) is 0. The summed E-state index contributed by atoms with van der Waals surface area (Å²) >= 11 is 0. The summed E-state index contributed by atoms with van der Waals surface area (Å²) in [6.07, 6.45) is 4.37. The van der Waals surface area contributed by atoms with Crippen LogP contribution in [0.1, 0.15) is 5.56 Å². The maximum Gasteiger partial charge on any atom is 0.135 e. The second-order valence-electron chi connectivity index (χ2n) is 2.22. The summed E-state index contributed by atoms with van der Waals surface area (Å²) in [5.41, 5.74) is 11.3. The molecule has 0 aliphatic carbocycles. The molecular formula is C7H11N5O. The summed E-state index contributed by atoms with van der Waals surface area (Å²) < 4.78 is 0. The molecule has 0 spiro atoms. The molecule has 6 heteroatoms. The zero-order chi connectivity index (χ0) is 9.52. The maximum atomic E-state index is 5.51. The van der Waals surface area contributed by atoms with Crippen LogP contribution >= 0.6 is 0 Å². The Hall–Kier alpha value is -1.69. The highest BCUT2D eigenvalue weighted by molar-refractivity contribution is 5.84. The molecule has 4 N–H and O–H groups in total. The van der Waals surface area contributed by atoms with Gasteiger partial charge in [-0.15, -0.1) is 0 Å². The average Bonchev–Trinajstić information content (AvgIpc) is 2.15. The van der Waals surface area contributed by atoms with Gasteiger partial charge in [-0.25, -0.2) is 9.97 Å². The van der Waals surface area contributed by atoms with Gasteiger partial charge in [-0.2, -0.15) is 0 Å².